The molecule has 0 saturated carbocycles. The van der Waals surface area contributed by atoms with Gasteiger partial charge in [-0.15, -0.1) is 0 Å². The minimum atomic E-state index is -0.419. The van der Waals surface area contributed by atoms with Crippen molar-refractivity contribution in [3.8, 4) is 5.75 Å². The number of rotatable bonds is 8. The Balaban J connectivity index is 2.52. The molecule has 0 heterocycles. The number of benzene rings is 1. The van der Waals surface area contributed by atoms with E-state index in [1.807, 2.05) is 45.0 Å². The Morgan fingerprint density at radius 1 is 1.27 bits per heavy atom. The second-order valence-corrected chi connectivity index (χ2v) is 6.41. The van der Waals surface area contributed by atoms with E-state index in [0.29, 0.717) is 6.42 Å². The molecule has 22 heavy (non-hydrogen) atoms. The molecular weight excluding hydrogens is 280 g/mol. The number of nitrogens with zero attached hydrogens (tertiary/aromatic N) is 1. The zero-order chi connectivity index (χ0) is 16.8. The molecule has 1 amide bonds. The van der Waals surface area contributed by atoms with Gasteiger partial charge in [-0.25, -0.2) is 0 Å². The van der Waals surface area contributed by atoms with Crippen LogP contribution in [0.4, 0.5) is 0 Å². The van der Waals surface area contributed by atoms with E-state index in [1.165, 1.54) is 5.56 Å². The molecule has 0 bridgehead atoms. The third kappa shape index (κ3) is 6.45. The summed E-state index contributed by atoms with van der Waals surface area (Å²) < 4.78 is 5.14. The summed E-state index contributed by atoms with van der Waals surface area (Å²) in [7, 11) is 3.41. The minimum Gasteiger partial charge on any atom is -0.497 e. The maximum absolute atomic E-state index is 11.6. The molecule has 1 aromatic rings. The predicted molar refractivity (Wildman–Crippen MR) is 87.5 cm³/mol. The summed E-state index contributed by atoms with van der Waals surface area (Å²) in [6.45, 7) is 5.83. The van der Waals surface area contributed by atoms with Crippen LogP contribution < -0.4 is 10.5 Å². The second-order valence-electron chi connectivity index (χ2n) is 6.41. The minimum absolute atomic E-state index is 0.349. The van der Waals surface area contributed by atoms with Crippen LogP contribution in [0.1, 0.15) is 39.2 Å². The molecule has 5 heteroatoms. The normalized spacial score (nSPS) is 13.2. The number of aryl methyl sites for hydroxylation is 1. The number of primary amides is 1. The molecule has 0 aliphatic rings. The van der Waals surface area contributed by atoms with Crippen molar-refractivity contribution >= 4 is 5.91 Å². The quantitative estimate of drug-likeness (QED) is 0.750. The standard InChI is InChI=1S/C17H28N2O3/c1-17(2,3)22-19(4)15(16(18)20)8-6-7-13-9-11-14(21-5)12-10-13/h9-12,15H,6-8H2,1-5H3,(H2,18,20). The lowest BCUT2D eigenvalue weighted by molar-refractivity contribution is -0.233. The molecule has 0 aliphatic heterocycles. The van der Waals surface area contributed by atoms with E-state index < -0.39 is 6.04 Å². The Bertz CT molecular complexity index is 466. The fourth-order valence-corrected chi connectivity index (χ4v) is 2.29. The zero-order valence-corrected chi connectivity index (χ0v) is 14.3. The summed E-state index contributed by atoms with van der Waals surface area (Å²) >= 11 is 0. The van der Waals surface area contributed by atoms with Gasteiger partial charge in [0.1, 0.15) is 11.8 Å². The highest BCUT2D eigenvalue weighted by Crippen LogP contribution is 2.17. The first kappa shape index (κ1) is 18.5. The second kappa shape index (κ2) is 8.15. The summed E-state index contributed by atoms with van der Waals surface area (Å²) in [5, 5.41) is 1.58. The van der Waals surface area contributed by atoms with Gasteiger partial charge in [0.25, 0.3) is 0 Å². The molecular formula is C17H28N2O3. The van der Waals surface area contributed by atoms with Gasteiger partial charge in [0.2, 0.25) is 5.91 Å². The number of likely N-dealkylation sites (N-methyl/N-ethyl adjacent to an activating group) is 1. The molecule has 0 radical (unpaired) electrons. The van der Waals surface area contributed by atoms with Gasteiger partial charge < -0.3 is 10.5 Å². The number of nitrogens with two attached hydrogens (primary N) is 1. The van der Waals surface area contributed by atoms with Gasteiger partial charge in [-0.1, -0.05) is 12.1 Å². The third-order valence-electron chi connectivity index (χ3n) is 3.29. The molecule has 5 nitrogen and oxygen atoms in total. The highest BCUT2D eigenvalue weighted by molar-refractivity contribution is 5.79. The van der Waals surface area contributed by atoms with E-state index in [1.54, 1.807) is 19.2 Å². The first-order valence-corrected chi connectivity index (χ1v) is 7.57. The average Bonchev–Trinajstić information content (AvgIpc) is 2.41. The van der Waals surface area contributed by atoms with Crippen molar-refractivity contribution in [1.29, 1.82) is 0 Å². The summed E-state index contributed by atoms with van der Waals surface area (Å²) in [5.74, 6) is 0.485. The molecule has 0 fully saturated rings. The zero-order valence-electron chi connectivity index (χ0n) is 14.3. The molecule has 0 saturated heterocycles. The van der Waals surface area contributed by atoms with Crippen molar-refractivity contribution in [2.24, 2.45) is 5.73 Å². The Morgan fingerprint density at radius 2 is 1.86 bits per heavy atom. The van der Waals surface area contributed by atoms with Gasteiger partial charge >= 0.3 is 0 Å². The van der Waals surface area contributed by atoms with Crippen molar-refractivity contribution in [2.45, 2.75) is 51.7 Å². The number of hydroxylamine groups is 2. The van der Waals surface area contributed by atoms with Crippen LogP contribution >= 0.6 is 0 Å². The SMILES string of the molecule is COc1ccc(CCCC(C(N)=O)N(C)OC(C)(C)C)cc1. The molecule has 2 N–H and O–H groups in total. The largest absolute Gasteiger partial charge is 0.497 e. The number of amides is 1. The van der Waals surface area contributed by atoms with Crippen molar-refractivity contribution in [3.63, 3.8) is 0 Å². The number of carbonyl (C=O) groups is 1. The van der Waals surface area contributed by atoms with E-state index in [9.17, 15) is 4.79 Å². The molecule has 1 aromatic carbocycles. The fourth-order valence-electron chi connectivity index (χ4n) is 2.29. The van der Waals surface area contributed by atoms with Gasteiger partial charge in [-0.3, -0.25) is 9.63 Å². The third-order valence-corrected chi connectivity index (χ3v) is 3.29. The highest BCUT2D eigenvalue weighted by atomic mass is 16.7. The van der Waals surface area contributed by atoms with Crippen LogP contribution in [-0.4, -0.2) is 36.8 Å². The average molecular weight is 308 g/mol. The van der Waals surface area contributed by atoms with Crippen LogP contribution in [0.3, 0.4) is 0 Å². The number of hydrogen-bond donors (Lipinski definition) is 1. The fraction of sp³-hybridized carbons (Fsp3) is 0.588. The topological polar surface area (TPSA) is 64.8 Å². The summed E-state index contributed by atoms with van der Waals surface area (Å²) in [6.07, 6.45) is 2.41. The van der Waals surface area contributed by atoms with Crippen LogP contribution in [0.25, 0.3) is 0 Å². The number of hydrogen-bond acceptors (Lipinski definition) is 4. The monoisotopic (exact) mass is 308 g/mol. The first-order valence-electron chi connectivity index (χ1n) is 7.57. The van der Waals surface area contributed by atoms with E-state index in [0.717, 1.165) is 18.6 Å². The smallest absolute Gasteiger partial charge is 0.237 e. The summed E-state index contributed by atoms with van der Waals surface area (Å²) in [5.41, 5.74) is 6.36. The molecule has 1 rings (SSSR count). The van der Waals surface area contributed by atoms with Gasteiger partial charge in [-0.2, -0.15) is 5.06 Å². The molecule has 0 aliphatic carbocycles. The van der Waals surface area contributed by atoms with Crippen LogP contribution in [0.15, 0.2) is 24.3 Å². The lowest BCUT2D eigenvalue weighted by Gasteiger charge is -2.31. The first-order chi connectivity index (χ1) is 10.2. The summed E-state index contributed by atoms with van der Waals surface area (Å²) in [6, 6.07) is 7.53. The summed E-state index contributed by atoms with van der Waals surface area (Å²) in [4.78, 5) is 17.3. The van der Waals surface area contributed by atoms with E-state index in [4.69, 9.17) is 15.3 Å². The van der Waals surface area contributed by atoms with Gasteiger partial charge in [-0.05, 0) is 57.7 Å². The Kier molecular flexibility index (Phi) is 6.84. The van der Waals surface area contributed by atoms with Crippen molar-refractivity contribution < 1.29 is 14.4 Å². The number of carbonyl (C=O) groups excluding carboxylic acids is 1. The molecule has 124 valence electrons. The van der Waals surface area contributed by atoms with E-state index in [2.05, 4.69) is 0 Å². The molecule has 1 unspecified atom stereocenters. The predicted octanol–water partition coefficient (Wildman–Crippen LogP) is 2.53. The number of ether oxygens (including phenoxy) is 1. The van der Waals surface area contributed by atoms with Crippen molar-refractivity contribution in [3.05, 3.63) is 29.8 Å². The molecule has 1 atom stereocenters. The van der Waals surface area contributed by atoms with Crippen LogP contribution in [0.5, 0.6) is 5.75 Å². The maximum atomic E-state index is 11.6. The Hall–Kier alpha value is -1.59. The van der Waals surface area contributed by atoms with Gasteiger partial charge in [0, 0.05) is 7.05 Å². The maximum Gasteiger partial charge on any atom is 0.237 e. The van der Waals surface area contributed by atoms with Gasteiger partial charge in [0.05, 0.1) is 12.7 Å². The molecule has 0 aromatic heterocycles. The highest BCUT2D eigenvalue weighted by Gasteiger charge is 2.25. The number of methoxy groups -OCH3 is 1. The van der Waals surface area contributed by atoms with Crippen LogP contribution in [0.2, 0.25) is 0 Å². The van der Waals surface area contributed by atoms with E-state index in [-0.39, 0.29) is 11.5 Å². The lowest BCUT2D eigenvalue weighted by atomic mass is 10.0. The van der Waals surface area contributed by atoms with Crippen LogP contribution in [-0.2, 0) is 16.1 Å². The Labute approximate surface area is 133 Å². The Morgan fingerprint density at radius 3 is 2.32 bits per heavy atom. The van der Waals surface area contributed by atoms with E-state index >= 15 is 0 Å². The van der Waals surface area contributed by atoms with Crippen molar-refractivity contribution in [2.75, 3.05) is 14.2 Å². The van der Waals surface area contributed by atoms with Crippen molar-refractivity contribution in [1.82, 2.24) is 5.06 Å². The molecule has 0 spiro atoms. The van der Waals surface area contributed by atoms with Crippen LogP contribution in [0, 0.1) is 0 Å². The van der Waals surface area contributed by atoms with Gasteiger partial charge in [0.15, 0.2) is 0 Å². The lowest BCUT2D eigenvalue weighted by Crippen LogP contribution is -2.45.